The van der Waals surface area contributed by atoms with Crippen LogP contribution in [0.2, 0.25) is 0 Å². The van der Waals surface area contributed by atoms with Gasteiger partial charge in [-0.05, 0) is 57.8 Å². The molecule has 1 fully saturated rings. The molecule has 0 aliphatic carbocycles. The molecule has 1 saturated heterocycles. The van der Waals surface area contributed by atoms with Gasteiger partial charge in [-0.1, -0.05) is 280 Å². The van der Waals surface area contributed by atoms with Crippen LogP contribution >= 0.6 is 0 Å². The molecule has 7 atom stereocenters. The highest BCUT2D eigenvalue weighted by Crippen LogP contribution is 2.23. The van der Waals surface area contributed by atoms with E-state index in [1.807, 2.05) is 0 Å². The van der Waals surface area contributed by atoms with E-state index in [4.69, 9.17) is 9.47 Å². The summed E-state index contributed by atoms with van der Waals surface area (Å²) in [5.74, 6) is -0.161. The van der Waals surface area contributed by atoms with Crippen LogP contribution in [0.5, 0.6) is 0 Å². The number of aliphatic hydroxyl groups is 5. The molecule has 0 aromatic heterocycles. The van der Waals surface area contributed by atoms with Crippen LogP contribution in [0.4, 0.5) is 0 Å². The average Bonchev–Trinajstić information content (AvgIpc) is 3.39. The Labute approximate surface area is 449 Å². The zero-order valence-corrected chi connectivity index (χ0v) is 47.4. The van der Waals surface area contributed by atoms with Gasteiger partial charge < -0.3 is 40.3 Å². The van der Waals surface area contributed by atoms with Gasteiger partial charge in [0.1, 0.15) is 24.4 Å². The molecule has 9 nitrogen and oxygen atoms in total. The molecule has 1 heterocycles. The maximum absolute atomic E-state index is 13.1. The molecule has 1 aliphatic heterocycles. The van der Waals surface area contributed by atoms with Crippen molar-refractivity contribution in [3.63, 3.8) is 0 Å². The van der Waals surface area contributed by atoms with E-state index in [9.17, 15) is 30.3 Å². The third kappa shape index (κ3) is 42.7. The summed E-state index contributed by atoms with van der Waals surface area (Å²) in [7, 11) is 0. The monoisotopic (exact) mass is 1030 g/mol. The third-order valence-electron chi connectivity index (χ3n) is 14.6. The van der Waals surface area contributed by atoms with Crippen molar-refractivity contribution in [2.45, 2.75) is 326 Å². The minimum Gasteiger partial charge on any atom is -0.394 e. The number of carbonyl (C=O) groups excluding carboxylic acids is 1. The van der Waals surface area contributed by atoms with E-state index in [1.54, 1.807) is 0 Å². The first kappa shape index (κ1) is 68.9. The molecule has 73 heavy (non-hydrogen) atoms. The Kier molecular flexibility index (Phi) is 50.3. The lowest BCUT2D eigenvalue weighted by Gasteiger charge is -2.40. The lowest BCUT2D eigenvalue weighted by atomic mass is 9.99. The van der Waals surface area contributed by atoms with E-state index >= 15 is 0 Å². The van der Waals surface area contributed by atoms with E-state index < -0.39 is 49.5 Å². The smallest absolute Gasteiger partial charge is 0.220 e. The number of hydrogen-bond donors (Lipinski definition) is 6. The van der Waals surface area contributed by atoms with Gasteiger partial charge in [0.15, 0.2) is 6.29 Å². The molecular formula is C64H117NO8. The Balaban J connectivity index is 2.18. The van der Waals surface area contributed by atoms with Crippen LogP contribution < -0.4 is 5.32 Å². The van der Waals surface area contributed by atoms with Crippen LogP contribution in [0.1, 0.15) is 284 Å². The maximum Gasteiger partial charge on any atom is 0.220 e. The summed E-state index contributed by atoms with van der Waals surface area (Å²) in [5.41, 5.74) is 0. The van der Waals surface area contributed by atoms with Crippen LogP contribution in [0.25, 0.3) is 0 Å². The third-order valence-corrected chi connectivity index (χ3v) is 14.6. The highest BCUT2D eigenvalue weighted by Gasteiger charge is 2.44. The number of hydrogen-bond acceptors (Lipinski definition) is 8. The summed E-state index contributed by atoms with van der Waals surface area (Å²) in [5, 5.41) is 54.8. The predicted molar refractivity (Wildman–Crippen MR) is 309 cm³/mol. The summed E-state index contributed by atoms with van der Waals surface area (Å²) in [6.07, 6.45) is 65.5. The quantitative estimate of drug-likeness (QED) is 0.0261. The van der Waals surface area contributed by atoms with Gasteiger partial charge in [-0.25, -0.2) is 0 Å². The molecule has 1 aliphatic rings. The normalized spacial score (nSPS) is 19.5. The molecule has 6 N–H and O–H groups in total. The molecule has 426 valence electrons. The minimum absolute atomic E-state index is 0.148. The second-order valence-electron chi connectivity index (χ2n) is 21.5. The largest absolute Gasteiger partial charge is 0.394 e. The molecule has 0 radical (unpaired) electrons. The lowest BCUT2D eigenvalue weighted by molar-refractivity contribution is -0.302. The first-order chi connectivity index (χ1) is 35.8. The summed E-state index contributed by atoms with van der Waals surface area (Å²) in [4.78, 5) is 13.1. The SMILES string of the molecule is CC/C=C\C/C=C\C/C=C\C/C=C\C/C=C\CCCCCCCC(=O)NC(COC1OC(CO)C(O)C(O)C1O)C(O)CCCCCCCCCCCCCCCCCCCCCCCCCCCCCCC. The fourth-order valence-electron chi connectivity index (χ4n) is 9.78. The van der Waals surface area contributed by atoms with Gasteiger partial charge >= 0.3 is 0 Å². The van der Waals surface area contributed by atoms with Gasteiger partial charge in [0.05, 0.1) is 25.4 Å². The van der Waals surface area contributed by atoms with E-state index in [1.165, 1.54) is 167 Å². The Morgan fingerprint density at radius 1 is 0.479 bits per heavy atom. The summed E-state index contributed by atoms with van der Waals surface area (Å²) in [6.45, 7) is 3.74. The number of allylic oxidation sites excluding steroid dienone is 10. The number of amides is 1. The highest BCUT2D eigenvalue weighted by molar-refractivity contribution is 5.76. The Hall–Kier alpha value is -2.11. The van der Waals surface area contributed by atoms with Gasteiger partial charge in [-0.3, -0.25) is 4.79 Å². The van der Waals surface area contributed by atoms with E-state index in [0.29, 0.717) is 12.8 Å². The molecule has 0 saturated carbocycles. The van der Waals surface area contributed by atoms with Crippen molar-refractivity contribution in [2.75, 3.05) is 13.2 Å². The number of nitrogens with one attached hydrogen (secondary N) is 1. The van der Waals surface area contributed by atoms with Gasteiger partial charge in [-0.2, -0.15) is 0 Å². The van der Waals surface area contributed by atoms with Crippen LogP contribution in [0.15, 0.2) is 60.8 Å². The van der Waals surface area contributed by atoms with Crippen molar-refractivity contribution < 1.29 is 39.8 Å². The standard InChI is InChI=1S/C64H117NO8/c1-3-5-7-9-11-13-15-17-19-21-23-25-26-27-28-29-30-31-32-34-35-37-39-41-43-45-47-49-51-53-58(67)57(56-72-64-63(71)62(70)61(69)59(55-66)73-64)65-60(68)54-52-50-48-46-44-42-40-38-36-33-24-22-20-18-16-14-12-10-8-6-4-2/h6,8,12,14,18,20,24,33,38,40,57-59,61-64,66-67,69-71H,3-5,7,9-11,13,15-17,19,21-23,25-32,34-37,39,41-56H2,1-2H3,(H,65,68)/b8-6-,14-12-,20-18-,33-24-,40-38-. The first-order valence-corrected chi connectivity index (χ1v) is 31.0. The van der Waals surface area contributed by atoms with Crippen LogP contribution in [0.3, 0.4) is 0 Å². The number of aliphatic hydroxyl groups excluding tert-OH is 5. The van der Waals surface area contributed by atoms with Crippen LogP contribution in [-0.2, 0) is 14.3 Å². The molecule has 9 heteroatoms. The van der Waals surface area contributed by atoms with Crippen molar-refractivity contribution >= 4 is 5.91 Å². The number of ether oxygens (including phenoxy) is 2. The predicted octanol–water partition coefficient (Wildman–Crippen LogP) is 15.9. The Morgan fingerprint density at radius 2 is 0.849 bits per heavy atom. The second kappa shape index (κ2) is 53.3. The molecule has 1 rings (SSSR count). The molecule has 0 aromatic rings. The molecular weight excluding hydrogens is 911 g/mol. The van der Waals surface area contributed by atoms with Crippen molar-refractivity contribution in [3.05, 3.63) is 60.8 Å². The Morgan fingerprint density at radius 3 is 1.26 bits per heavy atom. The summed E-state index contributed by atoms with van der Waals surface area (Å²) in [6, 6.07) is -0.734. The van der Waals surface area contributed by atoms with Gasteiger partial charge in [-0.15, -0.1) is 0 Å². The van der Waals surface area contributed by atoms with Crippen LogP contribution in [0, 0.1) is 0 Å². The highest BCUT2D eigenvalue weighted by atomic mass is 16.7. The van der Waals surface area contributed by atoms with Gasteiger partial charge in [0.25, 0.3) is 0 Å². The zero-order chi connectivity index (χ0) is 52.9. The van der Waals surface area contributed by atoms with Crippen molar-refractivity contribution in [3.8, 4) is 0 Å². The van der Waals surface area contributed by atoms with Gasteiger partial charge in [0.2, 0.25) is 5.91 Å². The fourth-order valence-corrected chi connectivity index (χ4v) is 9.78. The molecule has 0 spiro atoms. The molecule has 0 bridgehead atoms. The summed E-state index contributed by atoms with van der Waals surface area (Å²) < 4.78 is 11.3. The number of unbranched alkanes of at least 4 members (excludes halogenated alkanes) is 33. The number of carbonyl (C=O) groups is 1. The summed E-state index contributed by atoms with van der Waals surface area (Å²) >= 11 is 0. The van der Waals surface area contributed by atoms with Crippen LogP contribution in [-0.4, -0.2) is 87.5 Å². The Bertz CT molecular complexity index is 1330. The molecule has 1 amide bonds. The van der Waals surface area contributed by atoms with Crippen molar-refractivity contribution in [2.24, 2.45) is 0 Å². The van der Waals surface area contributed by atoms with Crippen molar-refractivity contribution in [1.29, 1.82) is 0 Å². The molecule has 0 aromatic carbocycles. The van der Waals surface area contributed by atoms with Crippen molar-refractivity contribution in [1.82, 2.24) is 5.32 Å². The van der Waals surface area contributed by atoms with E-state index in [-0.39, 0.29) is 12.5 Å². The topological polar surface area (TPSA) is 149 Å². The number of rotatable bonds is 53. The zero-order valence-electron chi connectivity index (χ0n) is 47.4. The van der Waals surface area contributed by atoms with Gasteiger partial charge in [0, 0.05) is 6.42 Å². The maximum atomic E-state index is 13.1. The van der Waals surface area contributed by atoms with E-state index in [2.05, 4.69) is 79.9 Å². The first-order valence-electron chi connectivity index (χ1n) is 31.0. The fraction of sp³-hybridized carbons (Fsp3) is 0.828. The second-order valence-corrected chi connectivity index (χ2v) is 21.5. The molecule has 7 unspecified atom stereocenters. The average molecular weight is 1030 g/mol. The lowest BCUT2D eigenvalue weighted by Crippen LogP contribution is -2.60. The van der Waals surface area contributed by atoms with E-state index in [0.717, 1.165) is 89.9 Å². The minimum atomic E-state index is -1.56.